The average Bonchev–Trinajstić information content (AvgIpc) is 2.37. The van der Waals surface area contributed by atoms with E-state index in [1.165, 1.54) is 7.11 Å². The number of para-hydroxylation sites is 1. The number of benzene rings is 1. The number of hydrogen-bond acceptors (Lipinski definition) is 3. The number of methoxy groups -OCH3 is 1. The van der Waals surface area contributed by atoms with Crippen LogP contribution >= 0.6 is 0 Å². The van der Waals surface area contributed by atoms with E-state index >= 15 is 0 Å². The molecule has 3 nitrogen and oxygen atoms in total. The van der Waals surface area contributed by atoms with Gasteiger partial charge in [-0.15, -0.1) is 0 Å². The summed E-state index contributed by atoms with van der Waals surface area (Å²) in [6.07, 6.45) is 0. The van der Waals surface area contributed by atoms with Crippen LogP contribution in [0, 0.1) is 5.92 Å². The number of Topliss-reactive ketones (excluding diaryl/α,β-unsaturated/α-hetero) is 1. The average molecular weight is 268 g/mol. The van der Waals surface area contributed by atoms with Crippen LogP contribution < -0.4 is 4.74 Å². The van der Waals surface area contributed by atoms with E-state index in [2.05, 4.69) is 0 Å². The molecular formula is C14H20O3S. The molecule has 2 atom stereocenters. The third kappa shape index (κ3) is 3.67. The van der Waals surface area contributed by atoms with Crippen molar-refractivity contribution in [2.75, 3.05) is 12.9 Å². The summed E-state index contributed by atoms with van der Waals surface area (Å²) < 4.78 is 17.2. The van der Waals surface area contributed by atoms with Gasteiger partial charge in [-0.1, -0.05) is 32.9 Å². The van der Waals surface area contributed by atoms with Crippen molar-refractivity contribution in [2.45, 2.75) is 26.0 Å². The van der Waals surface area contributed by atoms with Crippen LogP contribution in [0.3, 0.4) is 0 Å². The van der Waals surface area contributed by atoms with E-state index in [1.807, 2.05) is 26.8 Å². The van der Waals surface area contributed by atoms with Crippen molar-refractivity contribution in [2.24, 2.45) is 5.92 Å². The molecule has 0 radical (unpaired) electrons. The Morgan fingerprint density at radius 3 is 2.44 bits per heavy atom. The van der Waals surface area contributed by atoms with Crippen molar-refractivity contribution in [3.05, 3.63) is 29.8 Å². The molecular weight excluding hydrogens is 248 g/mol. The molecule has 100 valence electrons. The molecule has 0 heterocycles. The lowest BCUT2D eigenvalue weighted by molar-refractivity contribution is 0.101. The van der Waals surface area contributed by atoms with Crippen molar-refractivity contribution in [1.29, 1.82) is 0 Å². The van der Waals surface area contributed by atoms with Gasteiger partial charge in [0.1, 0.15) is 5.75 Å². The first kappa shape index (κ1) is 14.9. The minimum atomic E-state index is -1.14. The van der Waals surface area contributed by atoms with Crippen molar-refractivity contribution in [3.63, 3.8) is 0 Å². The maximum Gasteiger partial charge on any atom is 0.179 e. The summed E-state index contributed by atoms with van der Waals surface area (Å²) in [4.78, 5) is 12.1. The summed E-state index contributed by atoms with van der Waals surface area (Å²) >= 11 is 0. The Bertz CT molecular complexity index is 440. The second-order valence-corrected chi connectivity index (χ2v) is 6.39. The van der Waals surface area contributed by atoms with E-state index in [0.717, 1.165) is 0 Å². The zero-order valence-electron chi connectivity index (χ0n) is 11.3. The molecule has 0 aliphatic carbocycles. The van der Waals surface area contributed by atoms with Gasteiger partial charge >= 0.3 is 0 Å². The first-order valence-electron chi connectivity index (χ1n) is 6.00. The number of carbonyl (C=O) groups is 1. The predicted octanol–water partition coefficient (Wildman–Crippen LogP) is 2.67. The van der Waals surface area contributed by atoms with Gasteiger partial charge in [-0.25, -0.2) is 0 Å². The zero-order chi connectivity index (χ0) is 13.7. The van der Waals surface area contributed by atoms with E-state index in [-0.39, 0.29) is 16.8 Å². The molecule has 1 aromatic carbocycles. The fourth-order valence-electron chi connectivity index (χ4n) is 1.52. The molecule has 0 aliphatic heterocycles. The number of ether oxygens (including phenoxy) is 1. The van der Waals surface area contributed by atoms with E-state index in [4.69, 9.17) is 4.74 Å². The Morgan fingerprint density at radius 1 is 1.28 bits per heavy atom. The molecule has 0 spiro atoms. The van der Waals surface area contributed by atoms with E-state index in [1.54, 1.807) is 18.2 Å². The molecule has 1 rings (SSSR count). The van der Waals surface area contributed by atoms with Crippen LogP contribution in [0.5, 0.6) is 5.75 Å². The smallest absolute Gasteiger partial charge is 0.179 e. The molecule has 2 unspecified atom stereocenters. The number of hydrogen-bond donors (Lipinski definition) is 0. The maximum absolute atomic E-state index is 12.1. The molecule has 0 saturated carbocycles. The first-order valence-corrected chi connectivity index (χ1v) is 7.39. The Balaban J connectivity index is 2.80. The van der Waals surface area contributed by atoms with Crippen molar-refractivity contribution < 1.29 is 13.7 Å². The molecule has 0 amide bonds. The molecule has 18 heavy (non-hydrogen) atoms. The summed E-state index contributed by atoms with van der Waals surface area (Å²) in [5, 5.41) is 0.0173. The fourth-order valence-corrected chi connectivity index (χ4v) is 2.80. The van der Waals surface area contributed by atoms with Crippen LogP contribution in [0.4, 0.5) is 0 Å². The van der Waals surface area contributed by atoms with Gasteiger partial charge in [-0.2, -0.15) is 0 Å². The normalized spacial score (nSPS) is 14.3. The number of ketones is 1. The van der Waals surface area contributed by atoms with Crippen molar-refractivity contribution in [1.82, 2.24) is 0 Å². The molecule has 0 N–H and O–H groups in total. The predicted molar refractivity (Wildman–Crippen MR) is 74.6 cm³/mol. The Morgan fingerprint density at radius 2 is 1.89 bits per heavy atom. The maximum atomic E-state index is 12.1. The van der Waals surface area contributed by atoms with Gasteiger partial charge in [0.05, 0.1) is 18.4 Å². The van der Waals surface area contributed by atoms with Gasteiger partial charge in [0.25, 0.3) is 0 Å². The second kappa shape index (κ2) is 6.69. The quantitative estimate of drug-likeness (QED) is 0.745. The zero-order valence-corrected chi connectivity index (χ0v) is 12.1. The number of rotatable bonds is 6. The lowest BCUT2D eigenvalue weighted by atomic mass is 10.1. The van der Waals surface area contributed by atoms with E-state index < -0.39 is 10.8 Å². The van der Waals surface area contributed by atoms with Gasteiger partial charge in [0.15, 0.2) is 5.78 Å². The standard InChI is InChI=1S/C14H20O3S/c1-10(2)11(3)18(16)9-13(15)12-7-5-6-8-14(12)17-4/h5-8,10-11H,9H2,1-4H3. The summed E-state index contributed by atoms with van der Waals surface area (Å²) in [5.74, 6) is 0.769. The summed E-state index contributed by atoms with van der Waals surface area (Å²) in [5.41, 5.74) is 0.504. The van der Waals surface area contributed by atoms with Crippen LogP contribution in [0.1, 0.15) is 31.1 Å². The molecule has 0 aromatic heterocycles. The summed E-state index contributed by atoms with van der Waals surface area (Å²) in [7, 11) is 0.387. The highest BCUT2D eigenvalue weighted by molar-refractivity contribution is 7.86. The lowest BCUT2D eigenvalue weighted by Crippen LogP contribution is -2.24. The lowest BCUT2D eigenvalue weighted by Gasteiger charge is -2.15. The highest BCUT2D eigenvalue weighted by Crippen LogP contribution is 2.19. The second-order valence-electron chi connectivity index (χ2n) is 4.60. The minimum Gasteiger partial charge on any atom is -0.496 e. The van der Waals surface area contributed by atoms with Crippen LogP contribution in [0.25, 0.3) is 0 Å². The third-order valence-electron chi connectivity index (χ3n) is 3.03. The van der Waals surface area contributed by atoms with Gasteiger partial charge in [-0.3, -0.25) is 9.00 Å². The molecule has 4 heteroatoms. The van der Waals surface area contributed by atoms with E-state index in [9.17, 15) is 9.00 Å². The van der Waals surface area contributed by atoms with Gasteiger partial charge in [0, 0.05) is 16.0 Å². The number of carbonyl (C=O) groups excluding carboxylic acids is 1. The molecule has 0 bridgehead atoms. The van der Waals surface area contributed by atoms with Crippen molar-refractivity contribution in [3.8, 4) is 5.75 Å². The third-order valence-corrected chi connectivity index (χ3v) is 4.95. The minimum absolute atomic E-state index is 0.0173. The van der Waals surface area contributed by atoms with Crippen LogP contribution in [-0.4, -0.2) is 28.1 Å². The molecule has 1 aromatic rings. The highest BCUT2D eigenvalue weighted by Gasteiger charge is 2.20. The van der Waals surface area contributed by atoms with Gasteiger partial charge in [0.2, 0.25) is 0 Å². The molecule has 0 saturated heterocycles. The fraction of sp³-hybridized carbons (Fsp3) is 0.500. The monoisotopic (exact) mass is 268 g/mol. The van der Waals surface area contributed by atoms with Gasteiger partial charge in [-0.05, 0) is 18.1 Å². The van der Waals surface area contributed by atoms with Crippen LogP contribution in [0.15, 0.2) is 24.3 Å². The van der Waals surface area contributed by atoms with Gasteiger partial charge < -0.3 is 4.74 Å². The molecule has 0 aliphatic rings. The largest absolute Gasteiger partial charge is 0.496 e. The Kier molecular flexibility index (Phi) is 5.54. The molecule has 0 fully saturated rings. The Labute approximate surface area is 111 Å². The topological polar surface area (TPSA) is 43.4 Å². The Hall–Kier alpha value is -1.16. The van der Waals surface area contributed by atoms with Crippen LogP contribution in [-0.2, 0) is 10.8 Å². The van der Waals surface area contributed by atoms with E-state index in [0.29, 0.717) is 17.2 Å². The summed E-state index contributed by atoms with van der Waals surface area (Å²) in [6, 6.07) is 7.04. The van der Waals surface area contributed by atoms with Crippen molar-refractivity contribution >= 4 is 16.6 Å². The summed E-state index contributed by atoms with van der Waals surface area (Å²) in [6.45, 7) is 5.93. The first-order chi connectivity index (χ1) is 8.47. The highest BCUT2D eigenvalue weighted by atomic mass is 32.2. The van der Waals surface area contributed by atoms with Crippen LogP contribution in [0.2, 0.25) is 0 Å². The SMILES string of the molecule is COc1ccccc1C(=O)CS(=O)C(C)C(C)C.